The summed E-state index contributed by atoms with van der Waals surface area (Å²) in [6, 6.07) is 4.96. The lowest BCUT2D eigenvalue weighted by atomic mass is 10.1. The fraction of sp³-hybridized carbons (Fsp3) is 0.333. The van der Waals surface area contributed by atoms with Crippen LogP contribution < -0.4 is 5.73 Å². The average Bonchev–Trinajstić information content (AvgIpc) is 2.30. The summed E-state index contributed by atoms with van der Waals surface area (Å²) in [6.45, 7) is 2.07. The summed E-state index contributed by atoms with van der Waals surface area (Å²) in [5.41, 5.74) is 6.73. The molecule has 0 aromatic heterocycles. The molecule has 0 radical (unpaired) electrons. The van der Waals surface area contributed by atoms with Gasteiger partial charge in [-0.2, -0.15) is 0 Å². The zero-order valence-electron chi connectivity index (χ0n) is 9.53. The van der Waals surface area contributed by atoms with Crippen LogP contribution in [0.3, 0.4) is 0 Å². The molecule has 0 spiro atoms. The number of Topliss-reactive ketones (excluding diaryl/α,β-unsaturated/α-hetero) is 1. The molecule has 0 amide bonds. The molecule has 0 aliphatic rings. The van der Waals surface area contributed by atoms with E-state index in [1.165, 1.54) is 0 Å². The van der Waals surface area contributed by atoms with Crippen molar-refractivity contribution in [2.45, 2.75) is 19.8 Å². The molecule has 0 aliphatic carbocycles. The van der Waals surface area contributed by atoms with Gasteiger partial charge in [0.05, 0.1) is 13.0 Å². The monoisotopic (exact) mass is 299 g/mol. The molecule has 4 nitrogen and oxygen atoms in total. The molecule has 2 N–H and O–H groups in total. The van der Waals surface area contributed by atoms with Crippen molar-refractivity contribution in [3.05, 3.63) is 28.2 Å². The predicted molar refractivity (Wildman–Crippen MR) is 68.8 cm³/mol. The first-order valence-corrected chi connectivity index (χ1v) is 6.07. The van der Waals surface area contributed by atoms with Gasteiger partial charge in [0.25, 0.3) is 0 Å². The van der Waals surface area contributed by atoms with Crippen LogP contribution in [0.25, 0.3) is 0 Å². The minimum Gasteiger partial charge on any atom is -0.466 e. The number of nitrogen functional groups attached to an aromatic ring is 1. The Hall–Kier alpha value is -1.36. The molecule has 0 fully saturated rings. The second-order valence-corrected chi connectivity index (χ2v) is 4.32. The van der Waals surface area contributed by atoms with E-state index in [-0.39, 0.29) is 24.6 Å². The zero-order chi connectivity index (χ0) is 12.8. The van der Waals surface area contributed by atoms with Gasteiger partial charge in [-0.3, -0.25) is 9.59 Å². The van der Waals surface area contributed by atoms with Gasteiger partial charge in [-0.15, -0.1) is 0 Å². The van der Waals surface area contributed by atoms with Crippen LogP contribution in [0, 0.1) is 0 Å². The Morgan fingerprint density at radius 2 is 2.06 bits per heavy atom. The van der Waals surface area contributed by atoms with E-state index in [1.54, 1.807) is 25.1 Å². The molecule has 0 saturated heterocycles. The average molecular weight is 300 g/mol. The van der Waals surface area contributed by atoms with Crippen LogP contribution in [0.1, 0.15) is 30.1 Å². The molecule has 0 unspecified atom stereocenters. The van der Waals surface area contributed by atoms with Crippen LogP contribution in [-0.4, -0.2) is 18.4 Å². The van der Waals surface area contributed by atoms with E-state index in [1.807, 2.05) is 0 Å². The summed E-state index contributed by atoms with van der Waals surface area (Å²) in [6.07, 6.45) is 0.254. The molecule has 0 heterocycles. The van der Waals surface area contributed by atoms with Crippen molar-refractivity contribution in [1.29, 1.82) is 0 Å². The van der Waals surface area contributed by atoms with Crippen LogP contribution >= 0.6 is 15.9 Å². The number of rotatable bonds is 5. The molecule has 5 heteroatoms. The predicted octanol–water partition coefficient (Wildman–Crippen LogP) is 2.56. The molecular weight excluding hydrogens is 286 g/mol. The Morgan fingerprint density at radius 1 is 1.35 bits per heavy atom. The second kappa shape index (κ2) is 6.39. The van der Waals surface area contributed by atoms with Crippen molar-refractivity contribution in [3.63, 3.8) is 0 Å². The Kier molecular flexibility index (Phi) is 5.15. The van der Waals surface area contributed by atoms with Crippen LogP contribution in [-0.2, 0) is 9.53 Å². The van der Waals surface area contributed by atoms with Crippen molar-refractivity contribution < 1.29 is 14.3 Å². The van der Waals surface area contributed by atoms with Crippen molar-refractivity contribution in [2.24, 2.45) is 0 Å². The number of halogens is 1. The first-order valence-electron chi connectivity index (χ1n) is 5.28. The third-order valence-electron chi connectivity index (χ3n) is 2.18. The third-order valence-corrected chi connectivity index (χ3v) is 2.87. The fourth-order valence-corrected chi connectivity index (χ4v) is 1.67. The molecular formula is C12H14BrNO3. The maximum absolute atomic E-state index is 11.7. The van der Waals surface area contributed by atoms with Gasteiger partial charge in [0, 0.05) is 22.1 Å². The normalized spacial score (nSPS) is 10.0. The number of esters is 1. The van der Waals surface area contributed by atoms with E-state index in [0.717, 1.165) is 0 Å². The molecule has 0 saturated carbocycles. The Bertz CT molecular complexity index is 432. The highest BCUT2D eigenvalue weighted by molar-refractivity contribution is 9.10. The highest BCUT2D eigenvalue weighted by Gasteiger charge is 2.10. The third kappa shape index (κ3) is 4.19. The lowest BCUT2D eigenvalue weighted by Crippen LogP contribution is -2.08. The summed E-state index contributed by atoms with van der Waals surface area (Å²) >= 11 is 3.25. The number of ketones is 1. The number of carbonyl (C=O) groups excluding carboxylic acids is 2. The minimum absolute atomic E-state index is 0.0984. The summed E-state index contributed by atoms with van der Waals surface area (Å²) in [4.78, 5) is 22.8. The quantitative estimate of drug-likeness (QED) is 0.515. The highest BCUT2D eigenvalue weighted by atomic mass is 79.9. The number of anilines is 1. The van der Waals surface area contributed by atoms with Gasteiger partial charge in [-0.25, -0.2) is 0 Å². The molecule has 0 bridgehead atoms. The van der Waals surface area contributed by atoms with Crippen molar-refractivity contribution >= 4 is 33.4 Å². The molecule has 1 rings (SSSR count). The van der Waals surface area contributed by atoms with Crippen LogP contribution in [0.4, 0.5) is 5.69 Å². The number of nitrogens with two attached hydrogens (primary N) is 1. The lowest BCUT2D eigenvalue weighted by molar-refractivity contribution is -0.143. The topological polar surface area (TPSA) is 69.4 Å². The Balaban J connectivity index is 2.58. The maximum Gasteiger partial charge on any atom is 0.306 e. The fourth-order valence-electron chi connectivity index (χ4n) is 1.29. The van der Waals surface area contributed by atoms with Crippen LogP contribution in [0.15, 0.2) is 22.7 Å². The van der Waals surface area contributed by atoms with Crippen LogP contribution in [0.5, 0.6) is 0 Å². The smallest absolute Gasteiger partial charge is 0.306 e. The summed E-state index contributed by atoms with van der Waals surface area (Å²) < 4.78 is 5.43. The summed E-state index contributed by atoms with van der Waals surface area (Å²) in [5.74, 6) is -0.450. The summed E-state index contributed by atoms with van der Waals surface area (Å²) in [5, 5.41) is 0. The van der Waals surface area contributed by atoms with Gasteiger partial charge in [-0.05, 0) is 41.1 Å². The largest absolute Gasteiger partial charge is 0.466 e. The highest BCUT2D eigenvalue weighted by Crippen LogP contribution is 2.21. The second-order valence-electron chi connectivity index (χ2n) is 3.46. The lowest BCUT2D eigenvalue weighted by Gasteiger charge is -2.04. The minimum atomic E-state index is -0.352. The van der Waals surface area contributed by atoms with Gasteiger partial charge in [0.15, 0.2) is 5.78 Å². The standard InChI is InChI=1S/C12H14BrNO3/c1-2-17-12(16)6-5-11(15)8-3-4-10(14)9(13)7-8/h3-4,7H,2,5-6,14H2,1H3. The SMILES string of the molecule is CCOC(=O)CCC(=O)c1ccc(N)c(Br)c1. The van der Waals surface area contributed by atoms with E-state index in [2.05, 4.69) is 15.9 Å². The van der Waals surface area contributed by atoms with Gasteiger partial charge in [-0.1, -0.05) is 0 Å². The van der Waals surface area contributed by atoms with E-state index >= 15 is 0 Å². The zero-order valence-corrected chi connectivity index (χ0v) is 11.1. The van der Waals surface area contributed by atoms with Gasteiger partial charge < -0.3 is 10.5 Å². The summed E-state index contributed by atoms with van der Waals surface area (Å²) in [7, 11) is 0. The van der Waals surface area contributed by atoms with Gasteiger partial charge in [0.2, 0.25) is 0 Å². The van der Waals surface area contributed by atoms with E-state index in [4.69, 9.17) is 10.5 Å². The Morgan fingerprint density at radius 3 is 2.65 bits per heavy atom. The number of benzene rings is 1. The first-order chi connectivity index (χ1) is 8.04. The van der Waals surface area contributed by atoms with Crippen LogP contribution in [0.2, 0.25) is 0 Å². The molecule has 1 aromatic rings. The molecule has 0 atom stereocenters. The van der Waals surface area contributed by atoms with E-state index in [0.29, 0.717) is 22.3 Å². The number of hydrogen-bond donors (Lipinski definition) is 1. The van der Waals surface area contributed by atoms with Crippen molar-refractivity contribution in [3.8, 4) is 0 Å². The van der Waals surface area contributed by atoms with Gasteiger partial charge in [0.1, 0.15) is 0 Å². The maximum atomic E-state index is 11.7. The number of carbonyl (C=O) groups is 2. The molecule has 92 valence electrons. The molecule has 17 heavy (non-hydrogen) atoms. The number of hydrogen-bond acceptors (Lipinski definition) is 4. The van der Waals surface area contributed by atoms with Crippen molar-refractivity contribution in [1.82, 2.24) is 0 Å². The number of ether oxygens (including phenoxy) is 1. The molecule has 1 aromatic carbocycles. The van der Waals surface area contributed by atoms with E-state index in [9.17, 15) is 9.59 Å². The first kappa shape index (κ1) is 13.7. The van der Waals surface area contributed by atoms with Gasteiger partial charge >= 0.3 is 5.97 Å². The Labute approximate surface area is 108 Å². The molecule has 0 aliphatic heterocycles. The van der Waals surface area contributed by atoms with Crippen molar-refractivity contribution in [2.75, 3.05) is 12.3 Å². The van der Waals surface area contributed by atoms with E-state index < -0.39 is 0 Å².